The highest BCUT2D eigenvalue weighted by Gasteiger charge is 2.33. The third kappa shape index (κ3) is 1.16. The fourth-order valence-electron chi connectivity index (χ4n) is 0.679. The number of hydrogen-bond donors (Lipinski definition) is 1. The van der Waals surface area contributed by atoms with E-state index < -0.39 is 5.54 Å². The lowest BCUT2D eigenvalue weighted by Crippen LogP contribution is -2.33. The zero-order valence-corrected chi connectivity index (χ0v) is 7.08. The minimum atomic E-state index is -0.557. The Morgan fingerprint density at radius 2 is 2.20 bits per heavy atom. The van der Waals surface area contributed by atoms with E-state index >= 15 is 0 Å². The van der Waals surface area contributed by atoms with Gasteiger partial charge in [-0.15, -0.1) is 0 Å². The number of rotatable bonds is 0. The third-order valence-electron chi connectivity index (χ3n) is 1.35. The lowest BCUT2D eigenvalue weighted by atomic mass is 10.1. The molecule has 1 N–H and O–H groups in total. The molecule has 10 heavy (non-hydrogen) atoms. The number of carbonyl (C=O) groups is 1. The van der Waals surface area contributed by atoms with Crippen molar-refractivity contribution in [2.45, 2.75) is 19.4 Å². The van der Waals surface area contributed by atoms with Crippen LogP contribution in [0.1, 0.15) is 13.8 Å². The fourth-order valence-corrected chi connectivity index (χ4v) is 1.19. The van der Waals surface area contributed by atoms with E-state index in [0.29, 0.717) is 0 Å². The van der Waals surface area contributed by atoms with E-state index in [9.17, 15) is 4.79 Å². The Hall–Kier alpha value is -0.510. The molecule has 0 saturated heterocycles. The standard InChI is InChI=1S/C6H10N2OS/c1-6(2)4(9)7-5(8-6)10-3/h1-3H3,(H,7,8,9). The fraction of sp³-hybridized carbons (Fsp3) is 0.667. The summed E-state index contributed by atoms with van der Waals surface area (Å²) in [5.74, 6) is -0.0168. The van der Waals surface area contributed by atoms with E-state index in [2.05, 4.69) is 10.3 Å². The number of amidine groups is 1. The van der Waals surface area contributed by atoms with Gasteiger partial charge in [-0.2, -0.15) is 0 Å². The third-order valence-corrected chi connectivity index (χ3v) is 1.93. The Kier molecular flexibility index (Phi) is 1.72. The summed E-state index contributed by atoms with van der Waals surface area (Å²) in [7, 11) is 0. The summed E-state index contributed by atoms with van der Waals surface area (Å²) in [6, 6.07) is 0. The molecule has 3 nitrogen and oxygen atoms in total. The molecule has 0 atom stereocenters. The van der Waals surface area contributed by atoms with Gasteiger partial charge in [-0.3, -0.25) is 4.79 Å². The molecule has 4 heteroatoms. The van der Waals surface area contributed by atoms with Crippen LogP contribution < -0.4 is 5.32 Å². The van der Waals surface area contributed by atoms with Crippen LogP contribution in [0.2, 0.25) is 0 Å². The lowest BCUT2D eigenvalue weighted by molar-refractivity contribution is -0.122. The summed E-state index contributed by atoms with van der Waals surface area (Å²) in [4.78, 5) is 15.2. The SMILES string of the molecule is CSC1=NC(C)(C)C(=O)N1. The molecule has 1 aliphatic rings. The summed E-state index contributed by atoms with van der Waals surface area (Å²) < 4.78 is 0. The zero-order chi connectivity index (χ0) is 7.78. The van der Waals surface area contributed by atoms with E-state index in [1.807, 2.05) is 6.26 Å². The van der Waals surface area contributed by atoms with Gasteiger partial charge in [0.25, 0.3) is 5.91 Å². The normalized spacial score (nSPS) is 22.3. The van der Waals surface area contributed by atoms with Gasteiger partial charge in [-0.1, -0.05) is 11.8 Å². The average Bonchev–Trinajstić information content (AvgIpc) is 2.08. The van der Waals surface area contributed by atoms with Crippen molar-refractivity contribution in [3.63, 3.8) is 0 Å². The molecule has 0 unspecified atom stereocenters. The summed E-state index contributed by atoms with van der Waals surface area (Å²) in [6.07, 6.45) is 1.89. The molecule has 0 bridgehead atoms. The first-order valence-corrected chi connectivity index (χ1v) is 4.24. The second-order valence-corrected chi connectivity index (χ2v) is 3.43. The van der Waals surface area contributed by atoms with Crippen molar-refractivity contribution in [1.29, 1.82) is 0 Å². The second-order valence-electron chi connectivity index (χ2n) is 2.63. The van der Waals surface area contributed by atoms with Crippen LogP contribution in [0.25, 0.3) is 0 Å². The quantitative estimate of drug-likeness (QED) is 0.561. The van der Waals surface area contributed by atoms with Gasteiger partial charge < -0.3 is 5.32 Å². The molecular formula is C6H10N2OS. The van der Waals surface area contributed by atoms with Crippen molar-refractivity contribution in [2.75, 3.05) is 6.26 Å². The van der Waals surface area contributed by atoms with E-state index in [1.165, 1.54) is 11.8 Å². The van der Waals surface area contributed by atoms with E-state index in [0.717, 1.165) is 5.17 Å². The van der Waals surface area contributed by atoms with Crippen LogP contribution in [-0.2, 0) is 4.79 Å². The van der Waals surface area contributed by atoms with Gasteiger partial charge in [0.1, 0.15) is 5.54 Å². The molecule has 0 saturated carbocycles. The van der Waals surface area contributed by atoms with Gasteiger partial charge >= 0.3 is 0 Å². The topological polar surface area (TPSA) is 41.5 Å². The van der Waals surface area contributed by atoms with Gasteiger partial charge in [0.15, 0.2) is 5.17 Å². The van der Waals surface area contributed by atoms with Gasteiger partial charge in [0, 0.05) is 0 Å². The number of nitrogens with one attached hydrogen (secondary N) is 1. The molecular weight excluding hydrogens is 148 g/mol. The smallest absolute Gasteiger partial charge is 0.253 e. The Bertz CT molecular complexity index is 198. The van der Waals surface area contributed by atoms with Crippen LogP contribution in [0.3, 0.4) is 0 Å². The predicted molar refractivity (Wildman–Crippen MR) is 43.2 cm³/mol. The number of amides is 1. The number of nitrogens with zero attached hydrogens (tertiary/aromatic N) is 1. The number of aliphatic imine (C=N–C) groups is 1. The first-order valence-electron chi connectivity index (χ1n) is 3.01. The van der Waals surface area contributed by atoms with Crippen LogP contribution in [0.4, 0.5) is 0 Å². The molecule has 1 heterocycles. The molecule has 56 valence electrons. The number of thioether (sulfide) groups is 1. The highest BCUT2D eigenvalue weighted by molar-refractivity contribution is 8.13. The van der Waals surface area contributed by atoms with E-state index in [4.69, 9.17) is 0 Å². The van der Waals surface area contributed by atoms with Crippen LogP contribution in [0.15, 0.2) is 4.99 Å². The Morgan fingerprint density at radius 1 is 1.60 bits per heavy atom. The predicted octanol–water partition coefficient (Wildman–Crippen LogP) is 0.614. The summed E-state index contributed by atoms with van der Waals surface area (Å²) in [6.45, 7) is 3.59. The van der Waals surface area contributed by atoms with Gasteiger partial charge in [-0.05, 0) is 20.1 Å². The number of hydrogen-bond acceptors (Lipinski definition) is 3. The average molecular weight is 158 g/mol. The zero-order valence-electron chi connectivity index (χ0n) is 6.26. The minimum Gasteiger partial charge on any atom is -0.303 e. The van der Waals surface area contributed by atoms with Crippen LogP contribution in [-0.4, -0.2) is 22.9 Å². The molecule has 0 aromatic carbocycles. The van der Waals surface area contributed by atoms with Gasteiger partial charge in [-0.25, -0.2) is 4.99 Å². The first kappa shape index (κ1) is 7.60. The van der Waals surface area contributed by atoms with E-state index in [1.54, 1.807) is 13.8 Å². The van der Waals surface area contributed by atoms with Crippen LogP contribution >= 0.6 is 11.8 Å². The largest absolute Gasteiger partial charge is 0.303 e. The van der Waals surface area contributed by atoms with Crippen molar-refractivity contribution in [1.82, 2.24) is 5.32 Å². The van der Waals surface area contributed by atoms with Crippen LogP contribution in [0, 0.1) is 0 Å². The maximum Gasteiger partial charge on any atom is 0.253 e. The Labute approximate surface area is 64.3 Å². The summed E-state index contributed by atoms with van der Waals surface area (Å²) >= 11 is 1.46. The molecule has 1 amide bonds. The molecule has 1 rings (SSSR count). The molecule has 0 aromatic heterocycles. The minimum absolute atomic E-state index is 0.0168. The monoisotopic (exact) mass is 158 g/mol. The van der Waals surface area contributed by atoms with Crippen molar-refractivity contribution < 1.29 is 4.79 Å². The Morgan fingerprint density at radius 3 is 2.40 bits per heavy atom. The van der Waals surface area contributed by atoms with Crippen molar-refractivity contribution >= 4 is 22.8 Å². The maximum absolute atomic E-state index is 11.0. The molecule has 1 aliphatic heterocycles. The second kappa shape index (κ2) is 2.27. The van der Waals surface area contributed by atoms with Crippen molar-refractivity contribution in [2.24, 2.45) is 4.99 Å². The molecule has 0 spiro atoms. The highest BCUT2D eigenvalue weighted by atomic mass is 32.2. The van der Waals surface area contributed by atoms with Crippen molar-refractivity contribution in [3.05, 3.63) is 0 Å². The lowest BCUT2D eigenvalue weighted by Gasteiger charge is -2.07. The highest BCUT2D eigenvalue weighted by Crippen LogP contribution is 2.17. The van der Waals surface area contributed by atoms with Gasteiger partial charge in [0.05, 0.1) is 0 Å². The van der Waals surface area contributed by atoms with Crippen molar-refractivity contribution in [3.8, 4) is 0 Å². The molecule has 0 aliphatic carbocycles. The molecule has 0 radical (unpaired) electrons. The summed E-state index contributed by atoms with van der Waals surface area (Å²) in [5, 5.41) is 3.39. The van der Waals surface area contributed by atoms with Gasteiger partial charge in [0.2, 0.25) is 0 Å². The Balaban J connectivity index is 2.81. The molecule has 0 fully saturated rings. The maximum atomic E-state index is 11.0. The number of carbonyl (C=O) groups excluding carboxylic acids is 1. The summed E-state index contributed by atoms with van der Waals surface area (Å²) in [5.41, 5.74) is -0.557. The first-order chi connectivity index (χ1) is 4.56. The van der Waals surface area contributed by atoms with E-state index in [-0.39, 0.29) is 5.91 Å². The van der Waals surface area contributed by atoms with Crippen LogP contribution in [0.5, 0.6) is 0 Å². The molecule has 0 aromatic rings.